The fourth-order valence-corrected chi connectivity index (χ4v) is 7.49. The smallest absolute Gasteiger partial charge is 0.264 e. The van der Waals surface area contributed by atoms with Crippen LogP contribution in [0.5, 0.6) is 5.75 Å². The maximum Gasteiger partial charge on any atom is 0.264 e. The van der Waals surface area contributed by atoms with Crippen LogP contribution in [0, 0.1) is 12.7 Å². The number of amides is 2. The van der Waals surface area contributed by atoms with Gasteiger partial charge in [0.15, 0.2) is 0 Å². The van der Waals surface area contributed by atoms with Crippen LogP contribution < -0.4 is 14.4 Å². The number of benzene rings is 4. The van der Waals surface area contributed by atoms with Crippen molar-refractivity contribution in [2.45, 2.75) is 69.0 Å². The van der Waals surface area contributed by atoms with Crippen LogP contribution in [0.1, 0.15) is 48.8 Å². The summed E-state index contributed by atoms with van der Waals surface area (Å²) >= 11 is 0. The van der Waals surface area contributed by atoms with Gasteiger partial charge < -0.3 is 15.0 Å². The predicted molar refractivity (Wildman–Crippen MR) is 185 cm³/mol. The molecule has 1 atom stereocenters. The van der Waals surface area contributed by atoms with Gasteiger partial charge in [0.1, 0.15) is 24.2 Å². The SMILES string of the molecule is COc1ccc(S(=O)(=O)N(CC(=O)N(Cc2ccccc2C)C(Cc2ccccc2)C(=O)NC2CCCCC2)c2ccc(F)cc2)cc1. The molecule has 1 unspecified atom stereocenters. The lowest BCUT2D eigenvalue weighted by Crippen LogP contribution is -2.55. The molecule has 0 saturated heterocycles. The number of anilines is 1. The van der Waals surface area contributed by atoms with Crippen molar-refractivity contribution >= 4 is 27.5 Å². The van der Waals surface area contributed by atoms with Crippen molar-refractivity contribution in [1.29, 1.82) is 0 Å². The molecule has 5 rings (SSSR count). The van der Waals surface area contributed by atoms with E-state index < -0.39 is 34.3 Å². The fraction of sp³-hybridized carbons (Fsp3) is 0.316. The summed E-state index contributed by atoms with van der Waals surface area (Å²) in [6.45, 7) is 1.40. The van der Waals surface area contributed by atoms with Gasteiger partial charge in [0.25, 0.3) is 10.0 Å². The number of methoxy groups -OCH3 is 1. The molecule has 1 aliphatic carbocycles. The van der Waals surface area contributed by atoms with E-state index in [-0.39, 0.29) is 35.5 Å². The van der Waals surface area contributed by atoms with E-state index in [4.69, 9.17) is 4.74 Å². The van der Waals surface area contributed by atoms with E-state index in [1.54, 1.807) is 0 Å². The molecule has 4 aromatic carbocycles. The first-order valence-electron chi connectivity index (χ1n) is 16.3. The Hall–Kier alpha value is -4.70. The molecular formula is C38H42FN3O5S. The minimum atomic E-state index is -4.32. The molecule has 0 aromatic heterocycles. The van der Waals surface area contributed by atoms with Gasteiger partial charge in [0.2, 0.25) is 11.8 Å². The highest BCUT2D eigenvalue weighted by atomic mass is 32.2. The number of halogens is 1. The third kappa shape index (κ3) is 8.60. The Kier molecular flexibility index (Phi) is 11.5. The summed E-state index contributed by atoms with van der Waals surface area (Å²) < 4.78 is 48.6. The number of sulfonamides is 1. The summed E-state index contributed by atoms with van der Waals surface area (Å²) in [4.78, 5) is 30.3. The molecule has 2 amide bonds. The highest BCUT2D eigenvalue weighted by Crippen LogP contribution is 2.27. The maximum absolute atomic E-state index is 14.7. The van der Waals surface area contributed by atoms with Crippen LogP contribution in [0.25, 0.3) is 0 Å². The normalized spacial score (nSPS) is 14.1. The zero-order valence-corrected chi connectivity index (χ0v) is 28.2. The summed E-state index contributed by atoms with van der Waals surface area (Å²) in [6.07, 6.45) is 5.15. The molecule has 0 radical (unpaired) electrons. The van der Waals surface area contributed by atoms with Crippen molar-refractivity contribution < 1.29 is 27.1 Å². The van der Waals surface area contributed by atoms with Crippen LogP contribution in [0.4, 0.5) is 10.1 Å². The highest BCUT2D eigenvalue weighted by molar-refractivity contribution is 7.92. The van der Waals surface area contributed by atoms with Crippen molar-refractivity contribution in [2.24, 2.45) is 0 Å². The van der Waals surface area contributed by atoms with Crippen LogP contribution in [0.15, 0.2) is 108 Å². The van der Waals surface area contributed by atoms with Gasteiger partial charge in [-0.15, -0.1) is 0 Å². The first-order chi connectivity index (χ1) is 23.2. The highest BCUT2D eigenvalue weighted by Gasteiger charge is 2.35. The van der Waals surface area contributed by atoms with Gasteiger partial charge in [-0.05, 0) is 85.0 Å². The van der Waals surface area contributed by atoms with Crippen molar-refractivity contribution in [3.05, 3.63) is 126 Å². The zero-order chi connectivity index (χ0) is 34.1. The Labute approximate surface area is 282 Å². The molecule has 0 bridgehead atoms. The van der Waals surface area contributed by atoms with E-state index in [1.807, 2.05) is 61.5 Å². The average Bonchev–Trinajstić information content (AvgIpc) is 3.10. The van der Waals surface area contributed by atoms with E-state index in [9.17, 15) is 22.4 Å². The lowest BCUT2D eigenvalue weighted by atomic mass is 9.94. The van der Waals surface area contributed by atoms with Crippen molar-refractivity contribution in [1.82, 2.24) is 10.2 Å². The first-order valence-corrected chi connectivity index (χ1v) is 17.7. The molecule has 0 spiro atoms. The molecule has 1 fully saturated rings. The number of ether oxygens (including phenoxy) is 1. The van der Waals surface area contributed by atoms with Crippen molar-refractivity contribution in [3.63, 3.8) is 0 Å². The number of carbonyl (C=O) groups is 2. The van der Waals surface area contributed by atoms with Crippen LogP contribution in [-0.2, 0) is 32.6 Å². The summed E-state index contributed by atoms with van der Waals surface area (Å²) in [7, 11) is -2.84. The first kappa shape index (κ1) is 34.6. The zero-order valence-electron chi connectivity index (χ0n) is 27.3. The molecule has 4 aromatic rings. The lowest BCUT2D eigenvalue weighted by molar-refractivity contribution is -0.140. The van der Waals surface area contributed by atoms with Gasteiger partial charge >= 0.3 is 0 Å². The molecule has 0 aliphatic heterocycles. The quantitative estimate of drug-likeness (QED) is 0.177. The minimum absolute atomic E-state index is 0.00565. The Balaban J connectivity index is 1.56. The molecule has 1 saturated carbocycles. The monoisotopic (exact) mass is 671 g/mol. The number of aryl methyl sites for hydroxylation is 1. The molecule has 10 heteroatoms. The number of hydrogen-bond acceptors (Lipinski definition) is 5. The topological polar surface area (TPSA) is 96.0 Å². The predicted octanol–water partition coefficient (Wildman–Crippen LogP) is 6.43. The van der Waals surface area contributed by atoms with E-state index in [0.717, 1.165) is 65.2 Å². The Bertz CT molecular complexity index is 1780. The molecule has 48 heavy (non-hydrogen) atoms. The second kappa shape index (κ2) is 15.9. The van der Waals surface area contributed by atoms with Crippen molar-refractivity contribution in [3.8, 4) is 5.75 Å². The second-order valence-electron chi connectivity index (χ2n) is 12.2. The van der Waals surface area contributed by atoms with E-state index in [2.05, 4.69) is 5.32 Å². The molecule has 252 valence electrons. The van der Waals surface area contributed by atoms with Gasteiger partial charge in [0, 0.05) is 19.0 Å². The van der Waals surface area contributed by atoms with Gasteiger partial charge in [-0.1, -0.05) is 73.9 Å². The van der Waals surface area contributed by atoms with Gasteiger partial charge in [-0.25, -0.2) is 12.8 Å². The third-order valence-corrected chi connectivity index (χ3v) is 10.7. The Morgan fingerprint density at radius 1 is 0.875 bits per heavy atom. The van der Waals surface area contributed by atoms with Gasteiger partial charge in [-0.3, -0.25) is 13.9 Å². The Morgan fingerprint density at radius 3 is 2.17 bits per heavy atom. The number of nitrogens with zero attached hydrogens (tertiary/aromatic N) is 2. The number of hydrogen-bond donors (Lipinski definition) is 1. The summed E-state index contributed by atoms with van der Waals surface area (Å²) in [5.74, 6) is -0.927. The standard InChI is InChI=1S/C38H42FN3O5S/c1-28-11-9-10-14-30(28)26-41(36(25-29-12-5-3-6-13-29)38(44)40-32-15-7-4-8-16-32)37(43)27-42(33-19-17-31(39)18-20-33)48(45,46)35-23-21-34(47-2)22-24-35/h3,5-6,9-14,17-24,32,36H,4,7-8,15-16,25-27H2,1-2H3,(H,40,44). The average molecular weight is 672 g/mol. The molecule has 1 aliphatic rings. The third-order valence-electron chi connectivity index (χ3n) is 8.87. The molecule has 8 nitrogen and oxygen atoms in total. The fourth-order valence-electron chi connectivity index (χ4n) is 6.08. The van der Waals surface area contributed by atoms with E-state index in [1.165, 1.54) is 48.4 Å². The number of carbonyl (C=O) groups excluding carboxylic acids is 2. The van der Waals surface area contributed by atoms with Gasteiger partial charge in [-0.2, -0.15) is 0 Å². The Morgan fingerprint density at radius 2 is 1.52 bits per heavy atom. The van der Waals surface area contributed by atoms with Crippen LogP contribution in [0.3, 0.4) is 0 Å². The maximum atomic E-state index is 14.7. The van der Waals surface area contributed by atoms with E-state index >= 15 is 0 Å². The summed E-state index contributed by atoms with van der Waals surface area (Å²) in [5, 5.41) is 3.21. The summed E-state index contributed by atoms with van der Waals surface area (Å²) in [5.41, 5.74) is 2.75. The van der Waals surface area contributed by atoms with Gasteiger partial charge in [0.05, 0.1) is 17.7 Å². The second-order valence-corrected chi connectivity index (χ2v) is 14.0. The van der Waals surface area contributed by atoms with Crippen LogP contribution in [0.2, 0.25) is 0 Å². The van der Waals surface area contributed by atoms with Crippen molar-refractivity contribution in [2.75, 3.05) is 18.0 Å². The minimum Gasteiger partial charge on any atom is -0.497 e. The largest absolute Gasteiger partial charge is 0.497 e. The number of rotatable bonds is 13. The summed E-state index contributed by atoms with van der Waals surface area (Å²) in [6, 6.07) is 27.0. The molecule has 0 heterocycles. The molecule has 1 N–H and O–H groups in total. The number of nitrogens with one attached hydrogen (secondary N) is 1. The lowest BCUT2D eigenvalue weighted by Gasteiger charge is -2.35. The van der Waals surface area contributed by atoms with Crippen LogP contribution in [-0.4, -0.2) is 50.9 Å². The molecular weight excluding hydrogens is 629 g/mol. The van der Waals surface area contributed by atoms with Crippen LogP contribution >= 0.6 is 0 Å². The van der Waals surface area contributed by atoms with E-state index in [0.29, 0.717) is 5.75 Å².